The second-order valence-electron chi connectivity index (χ2n) is 11.2. The van der Waals surface area contributed by atoms with Crippen molar-refractivity contribution in [2.24, 2.45) is 0 Å². The number of rotatable bonds is 8. The number of pyridine rings is 1. The molecule has 0 aliphatic carbocycles. The number of nitrogens with one attached hydrogen (secondary N) is 1. The lowest BCUT2D eigenvalue weighted by Crippen LogP contribution is -2.59. The first-order chi connectivity index (χ1) is 21.5. The van der Waals surface area contributed by atoms with Gasteiger partial charge in [0.1, 0.15) is 4.75 Å². The lowest BCUT2D eigenvalue weighted by Gasteiger charge is -2.38. The molecule has 0 saturated carbocycles. The van der Waals surface area contributed by atoms with Gasteiger partial charge < -0.3 is 20.7 Å². The summed E-state index contributed by atoms with van der Waals surface area (Å²) in [5.74, 6) is -1.84. The van der Waals surface area contributed by atoms with Crippen LogP contribution >= 0.6 is 11.3 Å². The van der Waals surface area contributed by atoms with Crippen LogP contribution in [0.5, 0.6) is 0 Å². The van der Waals surface area contributed by atoms with E-state index in [4.69, 9.17) is 10.5 Å². The SMILES string of the molecule is CC1(C)[C@H](C(=O)OC(c2ccccc2)c2ccccc2)N2C(=O)/C(=C/c3cc(C(=O)NCc4cnc(N)s4)ccn3)[C@H]2S1(=O)=O. The fraction of sp³-hybridized carbons (Fsp3) is 0.219. The van der Waals surface area contributed by atoms with Crippen LogP contribution in [0.2, 0.25) is 0 Å². The van der Waals surface area contributed by atoms with Gasteiger partial charge in [-0.15, -0.1) is 11.3 Å². The quantitative estimate of drug-likeness (QED) is 0.166. The van der Waals surface area contributed by atoms with Crippen molar-refractivity contribution in [3.63, 3.8) is 0 Å². The molecule has 2 aliphatic heterocycles. The van der Waals surface area contributed by atoms with E-state index in [2.05, 4.69) is 15.3 Å². The van der Waals surface area contributed by atoms with Crippen molar-refractivity contribution >= 4 is 50.2 Å². The van der Waals surface area contributed by atoms with Gasteiger partial charge in [0.2, 0.25) is 0 Å². The smallest absolute Gasteiger partial charge is 0.331 e. The molecule has 2 aromatic heterocycles. The Bertz CT molecular complexity index is 1890. The van der Waals surface area contributed by atoms with Crippen molar-refractivity contribution in [3.05, 3.63) is 118 Å². The zero-order valence-electron chi connectivity index (χ0n) is 24.3. The predicted molar refractivity (Wildman–Crippen MR) is 168 cm³/mol. The summed E-state index contributed by atoms with van der Waals surface area (Å²) in [4.78, 5) is 50.1. The summed E-state index contributed by atoms with van der Waals surface area (Å²) < 4.78 is 32.0. The maximum atomic E-state index is 13.8. The van der Waals surface area contributed by atoms with Crippen LogP contribution in [0.15, 0.2) is 90.8 Å². The average molecular weight is 644 g/mol. The highest BCUT2D eigenvalue weighted by Gasteiger charge is 2.70. The summed E-state index contributed by atoms with van der Waals surface area (Å²) in [7, 11) is -4.08. The average Bonchev–Trinajstić information content (AvgIpc) is 3.52. The number of anilines is 1. The third kappa shape index (κ3) is 5.38. The van der Waals surface area contributed by atoms with E-state index in [1.165, 1.54) is 49.6 Å². The minimum atomic E-state index is -4.08. The number of fused-ring (bicyclic) bond motifs is 1. The zero-order chi connectivity index (χ0) is 31.9. The number of amides is 2. The summed E-state index contributed by atoms with van der Waals surface area (Å²) in [6.45, 7) is 3.08. The molecule has 4 aromatic rings. The Morgan fingerprint density at radius 2 is 1.71 bits per heavy atom. The van der Waals surface area contributed by atoms with E-state index >= 15 is 0 Å². The number of benzene rings is 2. The lowest BCUT2D eigenvalue weighted by molar-refractivity contribution is -0.160. The van der Waals surface area contributed by atoms with Crippen molar-refractivity contribution in [1.82, 2.24) is 20.2 Å². The number of nitrogens with two attached hydrogens (primary N) is 1. The van der Waals surface area contributed by atoms with Gasteiger partial charge in [0, 0.05) is 22.8 Å². The van der Waals surface area contributed by atoms with E-state index in [0.717, 1.165) is 9.78 Å². The Kier molecular flexibility index (Phi) is 7.75. The van der Waals surface area contributed by atoms with E-state index in [9.17, 15) is 22.8 Å². The second-order valence-corrected chi connectivity index (χ2v) is 14.9. The Hall–Kier alpha value is -4.88. The van der Waals surface area contributed by atoms with Gasteiger partial charge >= 0.3 is 5.97 Å². The molecule has 2 fully saturated rings. The number of nitrogens with zero attached hydrogens (tertiary/aromatic N) is 3. The van der Waals surface area contributed by atoms with Crippen molar-refractivity contribution in [3.8, 4) is 0 Å². The number of carbonyl (C=O) groups is 3. The van der Waals surface area contributed by atoms with Crippen LogP contribution < -0.4 is 11.1 Å². The van der Waals surface area contributed by atoms with Gasteiger partial charge in [0.15, 0.2) is 32.5 Å². The van der Waals surface area contributed by atoms with E-state index in [1.807, 2.05) is 60.7 Å². The van der Waals surface area contributed by atoms with Crippen molar-refractivity contribution in [2.75, 3.05) is 5.73 Å². The molecule has 13 heteroatoms. The molecule has 2 saturated heterocycles. The van der Waals surface area contributed by atoms with Gasteiger partial charge in [-0.2, -0.15) is 0 Å². The van der Waals surface area contributed by atoms with Crippen molar-refractivity contribution in [1.29, 1.82) is 0 Å². The fourth-order valence-corrected chi connectivity index (χ4v) is 8.33. The summed E-state index contributed by atoms with van der Waals surface area (Å²) in [6, 6.07) is 19.8. The molecule has 6 rings (SSSR count). The molecule has 4 heterocycles. The second kappa shape index (κ2) is 11.6. The number of β-lactam (4-membered cyclic amide) rings is 1. The minimum Gasteiger partial charge on any atom is -0.451 e. The van der Waals surface area contributed by atoms with E-state index in [1.54, 1.807) is 6.20 Å². The highest BCUT2D eigenvalue weighted by atomic mass is 32.2. The molecule has 0 spiro atoms. The number of sulfone groups is 1. The number of ether oxygens (including phenoxy) is 1. The van der Waals surface area contributed by atoms with Crippen LogP contribution in [-0.2, 0) is 30.7 Å². The number of nitrogen functional groups attached to an aromatic ring is 1. The molecule has 2 aromatic carbocycles. The van der Waals surface area contributed by atoms with E-state index in [0.29, 0.717) is 16.3 Å². The molecular formula is C32H29N5O6S2. The number of thiazole rings is 1. The third-order valence-corrected chi connectivity index (χ3v) is 11.6. The Balaban J connectivity index is 1.25. The summed E-state index contributed by atoms with van der Waals surface area (Å²) in [6.07, 6.45) is 3.51. The van der Waals surface area contributed by atoms with Gasteiger partial charge in [-0.25, -0.2) is 18.2 Å². The monoisotopic (exact) mass is 643 g/mol. The predicted octanol–water partition coefficient (Wildman–Crippen LogP) is 3.51. The topological polar surface area (TPSA) is 162 Å². The van der Waals surface area contributed by atoms with Crippen LogP contribution in [-0.4, -0.2) is 57.2 Å². The Morgan fingerprint density at radius 1 is 1.07 bits per heavy atom. The molecule has 0 unspecified atom stereocenters. The largest absolute Gasteiger partial charge is 0.451 e. The first-order valence-electron chi connectivity index (χ1n) is 14.0. The highest BCUT2D eigenvalue weighted by Crippen LogP contribution is 2.49. The minimum absolute atomic E-state index is 0.0359. The summed E-state index contributed by atoms with van der Waals surface area (Å²) in [5, 5.41) is 1.80. The number of hydrogen-bond donors (Lipinski definition) is 2. The van der Waals surface area contributed by atoms with Gasteiger partial charge in [0.05, 0.1) is 17.8 Å². The number of hydrogen-bond acceptors (Lipinski definition) is 10. The fourth-order valence-electron chi connectivity index (χ4n) is 5.59. The first kappa shape index (κ1) is 30.2. The molecule has 2 atom stereocenters. The zero-order valence-corrected chi connectivity index (χ0v) is 25.9. The molecule has 0 radical (unpaired) electrons. The Morgan fingerprint density at radius 3 is 2.31 bits per heavy atom. The summed E-state index contributed by atoms with van der Waals surface area (Å²) >= 11 is 1.26. The Labute approximate surface area is 263 Å². The van der Waals surface area contributed by atoms with Crippen molar-refractivity contribution in [2.45, 2.75) is 42.7 Å². The van der Waals surface area contributed by atoms with Crippen LogP contribution in [0.25, 0.3) is 6.08 Å². The van der Waals surface area contributed by atoms with Gasteiger partial charge in [-0.1, -0.05) is 60.7 Å². The molecular weight excluding hydrogens is 615 g/mol. The highest BCUT2D eigenvalue weighted by molar-refractivity contribution is 7.94. The van der Waals surface area contributed by atoms with Crippen LogP contribution in [0.3, 0.4) is 0 Å². The van der Waals surface area contributed by atoms with E-state index in [-0.39, 0.29) is 23.4 Å². The standard InChI is InChI=1S/C32H29N5O6S2/c1-32(2)26(30(40)43-25(19-9-5-3-6-10-19)20-11-7-4-8-12-20)37-28(39)24(29(37)45(32,41)42)16-22-15-21(13-14-34-22)27(38)35-17-23-18-36-31(33)44-23/h3-16,18,25-26,29H,17H2,1-2H3,(H2,33,36)(H,35,38)/b24-16-/t26-,29+/m0/s1. The first-order valence-corrected chi connectivity index (χ1v) is 16.4. The summed E-state index contributed by atoms with van der Waals surface area (Å²) in [5.41, 5.74) is 7.50. The number of esters is 1. The number of carbonyl (C=O) groups excluding carboxylic acids is 3. The van der Waals surface area contributed by atoms with Crippen molar-refractivity contribution < 1.29 is 27.5 Å². The van der Waals surface area contributed by atoms with Crippen LogP contribution in [0.4, 0.5) is 5.13 Å². The van der Waals surface area contributed by atoms with Gasteiger partial charge in [-0.3, -0.25) is 14.6 Å². The maximum Gasteiger partial charge on any atom is 0.331 e. The normalized spacial score (nSPS) is 20.5. The van der Waals surface area contributed by atoms with E-state index < -0.39 is 49.9 Å². The van der Waals surface area contributed by atoms with Crippen LogP contribution in [0, 0.1) is 0 Å². The molecule has 0 bridgehead atoms. The lowest BCUT2D eigenvalue weighted by atomic mass is 9.94. The van der Waals surface area contributed by atoms with Crippen LogP contribution in [0.1, 0.15) is 52.0 Å². The third-order valence-electron chi connectivity index (χ3n) is 7.97. The molecule has 2 amide bonds. The molecule has 11 nitrogen and oxygen atoms in total. The maximum absolute atomic E-state index is 13.8. The van der Waals surface area contributed by atoms with Gasteiger partial charge in [0.25, 0.3) is 11.8 Å². The molecule has 2 aliphatic rings. The molecule has 230 valence electrons. The number of aromatic nitrogens is 2. The van der Waals surface area contributed by atoms with Gasteiger partial charge in [-0.05, 0) is 43.2 Å². The molecule has 3 N–H and O–H groups in total. The molecule has 45 heavy (non-hydrogen) atoms.